The number of benzene rings is 1. The molecule has 0 aliphatic carbocycles. The highest BCUT2D eigenvalue weighted by molar-refractivity contribution is 5.59. The molecule has 0 saturated carbocycles. The molecule has 0 bridgehead atoms. The van der Waals surface area contributed by atoms with Crippen LogP contribution >= 0.6 is 0 Å². The van der Waals surface area contributed by atoms with Gasteiger partial charge in [-0.3, -0.25) is 4.98 Å². The largest absolute Gasteiger partial charge is 0.338 e. The fourth-order valence-electron chi connectivity index (χ4n) is 2.26. The van der Waals surface area contributed by atoms with E-state index < -0.39 is 0 Å². The number of nitrogens with zero attached hydrogens (tertiary/aromatic N) is 5. The van der Waals surface area contributed by atoms with Gasteiger partial charge in [-0.25, -0.2) is 9.37 Å². The summed E-state index contributed by atoms with van der Waals surface area (Å²) >= 11 is 0. The first-order chi connectivity index (χ1) is 11.1. The molecule has 23 heavy (non-hydrogen) atoms. The van der Waals surface area contributed by atoms with Crippen LogP contribution in [-0.4, -0.2) is 27.2 Å². The average molecular weight is 309 g/mol. The molecule has 3 rings (SSSR count). The molecule has 0 aliphatic rings. The van der Waals surface area contributed by atoms with Crippen molar-refractivity contribution in [1.29, 1.82) is 0 Å². The van der Waals surface area contributed by atoms with Crippen molar-refractivity contribution in [3.8, 4) is 11.3 Å². The Labute approximate surface area is 133 Å². The number of rotatable bonds is 4. The van der Waals surface area contributed by atoms with Gasteiger partial charge in [0.25, 0.3) is 0 Å². The molecule has 116 valence electrons. The van der Waals surface area contributed by atoms with Gasteiger partial charge in [-0.05, 0) is 36.2 Å². The van der Waals surface area contributed by atoms with Crippen LogP contribution in [0.1, 0.15) is 11.1 Å². The van der Waals surface area contributed by atoms with E-state index in [0.717, 1.165) is 11.1 Å². The molecule has 0 fully saturated rings. The minimum Gasteiger partial charge on any atom is -0.338 e. The normalized spacial score (nSPS) is 10.6. The first kappa shape index (κ1) is 15.0. The lowest BCUT2D eigenvalue weighted by Gasteiger charge is -2.18. The Hall–Kier alpha value is -2.89. The summed E-state index contributed by atoms with van der Waals surface area (Å²) in [6.45, 7) is 2.63. The van der Waals surface area contributed by atoms with Crippen molar-refractivity contribution in [3.05, 3.63) is 65.9 Å². The van der Waals surface area contributed by atoms with Crippen molar-refractivity contribution in [2.45, 2.75) is 13.5 Å². The van der Waals surface area contributed by atoms with Crippen LogP contribution in [0.5, 0.6) is 0 Å². The first-order valence-corrected chi connectivity index (χ1v) is 7.20. The Kier molecular flexibility index (Phi) is 4.23. The second-order valence-electron chi connectivity index (χ2n) is 5.28. The third-order valence-electron chi connectivity index (χ3n) is 3.58. The maximum Gasteiger partial charge on any atom is 0.245 e. The summed E-state index contributed by atoms with van der Waals surface area (Å²) in [5.74, 6) is 0.119. The molecule has 6 heteroatoms. The lowest BCUT2D eigenvalue weighted by molar-refractivity contribution is 0.630. The van der Waals surface area contributed by atoms with Crippen LogP contribution in [0.25, 0.3) is 11.3 Å². The Morgan fingerprint density at radius 1 is 1.13 bits per heavy atom. The van der Waals surface area contributed by atoms with Gasteiger partial charge in [0.2, 0.25) is 5.95 Å². The summed E-state index contributed by atoms with van der Waals surface area (Å²) < 4.78 is 13.9. The molecule has 0 spiro atoms. The van der Waals surface area contributed by atoms with Gasteiger partial charge in [0, 0.05) is 31.5 Å². The molecule has 3 aromatic rings. The SMILES string of the molecule is Cc1cnccc1CN(C)c1nncc(-c2ccccc2F)n1. The van der Waals surface area contributed by atoms with E-state index in [0.29, 0.717) is 23.8 Å². The van der Waals surface area contributed by atoms with Crippen molar-refractivity contribution in [3.63, 3.8) is 0 Å². The molecule has 2 heterocycles. The fourth-order valence-corrected chi connectivity index (χ4v) is 2.26. The zero-order valence-corrected chi connectivity index (χ0v) is 12.9. The molecule has 2 aromatic heterocycles. The van der Waals surface area contributed by atoms with E-state index in [4.69, 9.17) is 0 Å². The number of hydrogen-bond donors (Lipinski definition) is 0. The van der Waals surface area contributed by atoms with E-state index in [2.05, 4.69) is 20.2 Å². The van der Waals surface area contributed by atoms with Crippen molar-refractivity contribution < 1.29 is 4.39 Å². The maximum absolute atomic E-state index is 13.9. The van der Waals surface area contributed by atoms with Gasteiger partial charge in [-0.15, -0.1) is 5.10 Å². The number of anilines is 1. The zero-order valence-electron chi connectivity index (χ0n) is 12.9. The molecule has 0 saturated heterocycles. The minimum atomic E-state index is -0.327. The Morgan fingerprint density at radius 3 is 2.74 bits per heavy atom. The van der Waals surface area contributed by atoms with Gasteiger partial charge in [-0.1, -0.05) is 12.1 Å². The molecular weight excluding hydrogens is 293 g/mol. The van der Waals surface area contributed by atoms with Crippen molar-refractivity contribution >= 4 is 5.95 Å². The van der Waals surface area contributed by atoms with Gasteiger partial charge in [0.15, 0.2) is 0 Å². The van der Waals surface area contributed by atoms with E-state index in [1.807, 2.05) is 31.1 Å². The monoisotopic (exact) mass is 309 g/mol. The molecular formula is C17H16FN5. The van der Waals surface area contributed by atoms with E-state index in [1.54, 1.807) is 24.4 Å². The van der Waals surface area contributed by atoms with Crippen LogP contribution in [-0.2, 0) is 6.54 Å². The highest BCUT2D eigenvalue weighted by atomic mass is 19.1. The first-order valence-electron chi connectivity index (χ1n) is 7.20. The molecule has 0 radical (unpaired) electrons. The van der Waals surface area contributed by atoms with Crippen LogP contribution in [0, 0.1) is 12.7 Å². The average Bonchev–Trinajstić information content (AvgIpc) is 2.57. The second kappa shape index (κ2) is 6.48. The van der Waals surface area contributed by atoms with Crippen LogP contribution in [0.4, 0.5) is 10.3 Å². The van der Waals surface area contributed by atoms with Gasteiger partial charge < -0.3 is 4.90 Å². The molecule has 0 N–H and O–H groups in total. The topological polar surface area (TPSA) is 54.8 Å². The molecule has 5 nitrogen and oxygen atoms in total. The number of halogens is 1. The van der Waals surface area contributed by atoms with E-state index >= 15 is 0 Å². The smallest absolute Gasteiger partial charge is 0.245 e. The predicted octanol–water partition coefficient (Wildman–Crippen LogP) is 3.02. The second-order valence-corrected chi connectivity index (χ2v) is 5.28. The summed E-state index contributed by atoms with van der Waals surface area (Å²) in [7, 11) is 1.88. The Morgan fingerprint density at radius 2 is 1.96 bits per heavy atom. The molecule has 0 amide bonds. The summed E-state index contributed by atoms with van der Waals surface area (Å²) in [5, 5.41) is 8.00. The van der Waals surface area contributed by atoms with E-state index in [9.17, 15) is 4.39 Å². The summed E-state index contributed by atoms with van der Waals surface area (Å²) in [4.78, 5) is 10.4. The van der Waals surface area contributed by atoms with Crippen LogP contribution in [0.2, 0.25) is 0 Å². The van der Waals surface area contributed by atoms with Gasteiger partial charge >= 0.3 is 0 Å². The molecule has 1 aromatic carbocycles. The summed E-state index contributed by atoms with van der Waals surface area (Å²) in [6.07, 6.45) is 5.04. The summed E-state index contributed by atoms with van der Waals surface area (Å²) in [6, 6.07) is 8.45. The number of hydrogen-bond acceptors (Lipinski definition) is 5. The third-order valence-corrected chi connectivity index (χ3v) is 3.58. The molecule has 0 aliphatic heterocycles. The minimum absolute atomic E-state index is 0.327. The lowest BCUT2D eigenvalue weighted by atomic mass is 10.1. The Balaban J connectivity index is 1.88. The molecule has 0 atom stereocenters. The van der Waals surface area contributed by atoms with Crippen molar-refractivity contribution in [2.75, 3.05) is 11.9 Å². The van der Waals surface area contributed by atoms with E-state index in [1.165, 1.54) is 12.3 Å². The number of aryl methyl sites for hydroxylation is 1. The quantitative estimate of drug-likeness (QED) is 0.741. The van der Waals surface area contributed by atoms with Crippen LogP contribution < -0.4 is 4.90 Å². The summed E-state index contributed by atoms with van der Waals surface area (Å²) in [5.41, 5.74) is 3.10. The van der Waals surface area contributed by atoms with E-state index in [-0.39, 0.29) is 5.82 Å². The van der Waals surface area contributed by atoms with Gasteiger partial charge in [0.05, 0.1) is 11.9 Å². The standard InChI is InChI=1S/C17H16FN5/c1-12-9-19-8-7-13(12)11-23(2)17-21-16(10-20-22-17)14-5-3-4-6-15(14)18/h3-10H,11H2,1-2H3. The third kappa shape index (κ3) is 3.31. The highest BCUT2D eigenvalue weighted by Gasteiger charge is 2.11. The maximum atomic E-state index is 13.9. The fraction of sp³-hybridized carbons (Fsp3) is 0.176. The highest BCUT2D eigenvalue weighted by Crippen LogP contribution is 2.21. The van der Waals surface area contributed by atoms with Crippen LogP contribution in [0.15, 0.2) is 48.9 Å². The lowest BCUT2D eigenvalue weighted by Crippen LogP contribution is -2.20. The Bertz CT molecular complexity index is 821. The predicted molar refractivity (Wildman–Crippen MR) is 86.3 cm³/mol. The van der Waals surface area contributed by atoms with Crippen LogP contribution in [0.3, 0.4) is 0 Å². The van der Waals surface area contributed by atoms with Gasteiger partial charge in [-0.2, -0.15) is 5.10 Å². The number of aromatic nitrogens is 4. The van der Waals surface area contributed by atoms with Gasteiger partial charge in [0.1, 0.15) is 5.82 Å². The van der Waals surface area contributed by atoms with Crippen molar-refractivity contribution in [1.82, 2.24) is 20.2 Å². The van der Waals surface area contributed by atoms with Crippen molar-refractivity contribution in [2.24, 2.45) is 0 Å². The number of pyridine rings is 1. The molecule has 0 unspecified atom stereocenters. The zero-order chi connectivity index (χ0) is 16.2.